The molecule has 2 unspecified atom stereocenters. The molecule has 1 aromatic carbocycles. The summed E-state index contributed by atoms with van der Waals surface area (Å²) in [7, 11) is 0. The fraction of sp³-hybridized carbons (Fsp3) is 0.526. The number of hydrogen-bond donors (Lipinski definition) is 1. The van der Waals surface area contributed by atoms with Crippen molar-refractivity contribution in [3.63, 3.8) is 0 Å². The second-order valence-electron chi connectivity index (χ2n) is 5.92. The van der Waals surface area contributed by atoms with Gasteiger partial charge in [-0.15, -0.1) is 0 Å². The molecule has 1 aromatic rings. The van der Waals surface area contributed by atoms with Crippen LogP contribution >= 0.6 is 0 Å². The lowest BCUT2D eigenvalue weighted by atomic mass is 10.0. The van der Waals surface area contributed by atoms with Crippen molar-refractivity contribution >= 4 is 5.91 Å². The largest absolute Gasteiger partial charge is 0.354 e. The number of nitrogens with zero attached hydrogens (tertiary/aromatic N) is 1. The van der Waals surface area contributed by atoms with Crippen molar-refractivity contribution in [3.8, 4) is 0 Å². The summed E-state index contributed by atoms with van der Waals surface area (Å²) >= 11 is 0. The van der Waals surface area contributed by atoms with E-state index < -0.39 is 0 Å². The molecule has 1 aliphatic rings. The third-order valence-corrected chi connectivity index (χ3v) is 4.49. The normalized spacial score (nSPS) is 18.6. The van der Waals surface area contributed by atoms with E-state index in [0.29, 0.717) is 18.9 Å². The minimum atomic E-state index is 0.171. The van der Waals surface area contributed by atoms with E-state index in [-0.39, 0.29) is 11.9 Å². The first kappa shape index (κ1) is 16.8. The van der Waals surface area contributed by atoms with E-state index in [4.69, 9.17) is 0 Å². The van der Waals surface area contributed by atoms with E-state index in [2.05, 4.69) is 60.5 Å². The molecule has 22 heavy (non-hydrogen) atoms. The molecular weight excluding hydrogens is 272 g/mol. The molecule has 0 saturated carbocycles. The first-order valence-electron chi connectivity index (χ1n) is 8.47. The van der Waals surface area contributed by atoms with Gasteiger partial charge >= 0.3 is 0 Å². The van der Waals surface area contributed by atoms with Crippen LogP contribution in [0.3, 0.4) is 0 Å². The zero-order valence-corrected chi connectivity index (χ0v) is 13.8. The van der Waals surface area contributed by atoms with Crippen molar-refractivity contribution in [3.05, 3.63) is 48.0 Å². The monoisotopic (exact) mass is 300 g/mol. The van der Waals surface area contributed by atoms with Gasteiger partial charge in [-0.3, -0.25) is 9.69 Å². The molecule has 2 atom stereocenters. The van der Waals surface area contributed by atoms with Crippen molar-refractivity contribution in [2.75, 3.05) is 19.6 Å². The summed E-state index contributed by atoms with van der Waals surface area (Å²) in [6, 6.07) is 10.7. The second-order valence-corrected chi connectivity index (χ2v) is 5.92. The Morgan fingerprint density at radius 2 is 2.00 bits per heavy atom. The predicted octanol–water partition coefficient (Wildman–Crippen LogP) is 3.54. The third kappa shape index (κ3) is 4.70. The number of allylic oxidation sites excluding steroid dienone is 2. The van der Waals surface area contributed by atoms with Crippen LogP contribution in [0.15, 0.2) is 42.5 Å². The van der Waals surface area contributed by atoms with E-state index in [1.54, 1.807) is 0 Å². The number of rotatable bonds is 8. The molecule has 0 heterocycles. The first-order chi connectivity index (χ1) is 10.7. The highest BCUT2D eigenvalue weighted by molar-refractivity contribution is 5.76. The second kappa shape index (κ2) is 8.74. The van der Waals surface area contributed by atoms with Crippen LogP contribution in [-0.4, -0.2) is 30.4 Å². The van der Waals surface area contributed by atoms with Crippen LogP contribution in [0.2, 0.25) is 0 Å². The summed E-state index contributed by atoms with van der Waals surface area (Å²) in [4.78, 5) is 14.6. The summed E-state index contributed by atoms with van der Waals surface area (Å²) in [5, 5.41) is 3.14. The Bertz CT molecular complexity index is 479. The van der Waals surface area contributed by atoms with E-state index in [0.717, 1.165) is 25.9 Å². The number of carbonyl (C=O) groups is 1. The maximum Gasteiger partial charge on any atom is 0.220 e. The Morgan fingerprint density at radius 1 is 1.27 bits per heavy atom. The Labute approximate surface area is 134 Å². The molecule has 1 N–H and O–H groups in total. The van der Waals surface area contributed by atoms with E-state index >= 15 is 0 Å². The van der Waals surface area contributed by atoms with Gasteiger partial charge in [0.25, 0.3) is 0 Å². The average molecular weight is 300 g/mol. The molecule has 3 nitrogen and oxygen atoms in total. The van der Waals surface area contributed by atoms with Crippen LogP contribution < -0.4 is 5.32 Å². The Balaban J connectivity index is 1.94. The minimum absolute atomic E-state index is 0.171. The Kier molecular flexibility index (Phi) is 6.66. The lowest BCUT2D eigenvalue weighted by Gasteiger charge is -2.30. The molecule has 0 fully saturated rings. The number of hydrogen-bond acceptors (Lipinski definition) is 2. The highest BCUT2D eigenvalue weighted by Crippen LogP contribution is 2.21. The number of likely N-dealkylation sites (N-methyl/N-ethyl adjacent to an activating group) is 1. The van der Waals surface area contributed by atoms with Gasteiger partial charge in [-0.05, 0) is 37.4 Å². The van der Waals surface area contributed by atoms with Crippen LogP contribution in [0.1, 0.15) is 44.7 Å². The zero-order valence-electron chi connectivity index (χ0n) is 13.8. The summed E-state index contributed by atoms with van der Waals surface area (Å²) in [5.74, 6) is 0.605. The minimum Gasteiger partial charge on any atom is -0.354 e. The smallest absolute Gasteiger partial charge is 0.220 e. The van der Waals surface area contributed by atoms with Crippen LogP contribution in [-0.2, 0) is 4.79 Å². The summed E-state index contributed by atoms with van der Waals surface area (Å²) in [6.07, 6.45) is 7.21. The van der Waals surface area contributed by atoms with Crippen molar-refractivity contribution in [1.82, 2.24) is 10.2 Å². The van der Waals surface area contributed by atoms with Gasteiger partial charge in [0.2, 0.25) is 5.91 Å². The molecule has 120 valence electrons. The van der Waals surface area contributed by atoms with Gasteiger partial charge in [-0.1, -0.05) is 56.3 Å². The van der Waals surface area contributed by atoms with Crippen LogP contribution in [0.4, 0.5) is 0 Å². The topological polar surface area (TPSA) is 32.3 Å². The highest BCUT2D eigenvalue weighted by atomic mass is 16.1. The van der Waals surface area contributed by atoms with E-state index in [1.165, 1.54) is 5.56 Å². The van der Waals surface area contributed by atoms with Gasteiger partial charge in [0.1, 0.15) is 0 Å². The molecule has 0 spiro atoms. The number of amides is 1. The van der Waals surface area contributed by atoms with Gasteiger partial charge in [0.05, 0.1) is 6.04 Å². The zero-order chi connectivity index (χ0) is 15.8. The molecule has 0 aromatic heterocycles. The van der Waals surface area contributed by atoms with Crippen LogP contribution in [0, 0.1) is 5.92 Å². The summed E-state index contributed by atoms with van der Waals surface area (Å²) < 4.78 is 0. The average Bonchev–Trinajstić information content (AvgIpc) is 3.05. The van der Waals surface area contributed by atoms with Gasteiger partial charge in [-0.2, -0.15) is 0 Å². The van der Waals surface area contributed by atoms with Gasteiger partial charge in [0, 0.05) is 13.0 Å². The lowest BCUT2D eigenvalue weighted by molar-refractivity contribution is -0.122. The molecular formula is C19H28N2O. The number of carbonyl (C=O) groups excluding carboxylic acids is 1. The van der Waals surface area contributed by atoms with Crippen LogP contribution in [0.5, 0.6) is 0 Å². The van der Waals surface area contributed by atoms with Crippen LogP contribution in [0.25, 0.3) is 0 Å². The third-order valence-electron chi connectivity index (χ3n) is 4.49. The maximum absolute atomic E-state index is 12.2. The molecule has 1 amide bonds. The standard InChI is InChI=1S/C19H28N2O/c1-3-21(4-2)18(17-12-6-5-7-13-17)15-20-19(22)14-16-10-8-9-11-16/h5-8,10,12-13,16,18H,3-4,9,11,14-15H2,1-2H3,(H,20,22). The SMILES string of the molecule is CCN(CC)C(CNC(=O)CC1C=CCC1)c1ccccc1. The predicted molar refractivity (Wildman–Crippen MR) is 91.6 cm³/mol. The first-order valence-corrected chi connectivity index (χ1v) is 8.47. The lowest BCUT2D eigenvalue weighted by Crippen LogP contribution is -2.38. The van der Waals surface area contributed by atoms with Crippen molar-refractivity contribution in [2.24, 2.45) is 5.92 Å². The van der Waals surface area contributed by atoms with E-state index in [9.17, 15) is 4.79 Å². The number of nitrogens with one attached hydrogen (secondary N) is 1. The van der Waals surface area contributed by atoms with Crippen molar-refractivity contribution in [2.45, 2.75) is 39.2 Å². The molecule has 0 saturated heterocycles. The van der Waals surface area contributed by atoms with E-state index in [1.807, 2.05) is 6.07 Å². The maximum atomic E-state index is 12.2. The molecule has 0 radical (unpaired) electrons. The fourth-order valence-corrected chi connectivity index (χ4v) is 3.18. The van der Waals surface area contributed by atoms with Crippen molar-refractivity contribution in [1.29, 1.82) is 0 Å². The number of benzene rings is 1. The quantitative estimate of drug-likeness (QED) is 0.745. The molecule has 0 bridgehead atoms. The molecule has 2 rings (SSSR count). The molecule has 1 aliphatic carbocycles. The summed E-state index contributed by atoms with van der Waals surface area (Å²) in [5.41, 5.74) is 1.27. The Hall–Kier alpha value is -1.61. The van der Waals surface area contributed by atoms with Gasteiger partial charge < -0.3 is 5.32 Å². The van der Waals surface area contributed by atoms with Gasteiger partial charge in [0.15, 0.2) is 0 Å². The molecule has 0 aliphatic heterocycles. The fourth-order valence-electron chi connectivity index (χ4n) is 3.18. The summed E-state index contributed by atoms with van der Waals surface area (Å²) in [6.45, 7) is 6.99. The molecule has 3 heteroatoms. The van der Waals surface area contributed by atoms with Crippen molar-refractivity contribution < 1.29 is 4.79 Å². The Morgan fingerprint density at radius 3 is 2.59 bits per heavy atom. The highest BCUT2D eigenvalue weighted by Gasteiger charge is 2.20. The van der Waals surface area contributed by atoms with Gasteiger partial charge in [-0.25, -0.2) is 0 Å².